The van der Waals surface area contributed by atoms with E-state index in [4.69, 9.17) is 9.72 Å². The molecule has 4 aromatic rings. The summed E-state index contributed by atoms with van der Waals surface area (Å²) < 4.78 is 75.6. The second-order valence-corrected chi connectivity index (χ2v) is 10.9. The summed E-state index contributed by atoms with van der Waals surface area (Å²) in [4.78, 5) is 39.6. The molecule has 9 nitrogen and oxygen atoms in total. The van der Waals surface area contributed by atoms with Crippen LogP contribution >= 0.6 is 0 Å². The second kappa shape index (κ2) is 12.0. The number of rotatable bonds is 7. The molecule has 1 aliphatic heterocycles. The number of aryl methyl sites for hydroxylation is 2. The first kappa shape index (κ1) is 30.3. The van der Waals surface area contributed by atoms with Crippen molar-refractivity contribution in [1.82, 2.24) is 20.3 Å². The highest BCUT2D eigenvalue weighted by Gasteiger charge is 2.46. The SMILES string of the molecule is O=C(N[C@@H](Cc1ccc(-c2ncc3c(n2)CCC3)c2ncccc12)C(=O)O)c1c(F)cc(N2CCOC[C@@H]2C(F)(F)F)cc1F. The lowest BCUT2D eigenvalue weighted by atomic mass is 9.97. The van der Waals surface area contributed by atoms with E-state index in [0.29, 0.717) is 40.0 Å². The third kappa shape index (κ3) is 6.01. The van der Waals surface area contributed by atoms with E-state index in [1.54, 1.807) is 36.7 Å². The number of aliphatic carboxylic acids is 1. The number of benzene rings is 2. The van der Waals surface area contributed by atoms with Gasteiger partial charge in [-0.3, -0.25) is 9.78 Å². The topological polar surface area (TPSA) is 118 Å². The number of carboxylic acid groups (broad SMARTS) is 1. The van der Waals surface area contributed by atoms with Gasteiger partial charge in [0, 0.05) is 47.7 Å². The predicted molar refractivity (Wildman–Crippen MR) is 152 cm³/mol. The minimum atomic E-state index is -4.73. The number of amides is 1. The van der Waals surface area contributed by atoms with Gasteiger partial charge in [-0.2, -0.15) is 13.2 Å². The van der Waals surface area contributed by atoms with Crippen LogP contribution in [0.25, 0.3) is 22.3 Å². The Bertz CT molecular complexity index is 1780. The zero-order valence-corrected chi connectivity index (χ0v) is 23.6. The first-order chi connectivity index (χ1) is 21.5. The summed E-state index contributed by atoms with van der Waals surface area (Å²) in [7, 11) is 0. The van der Waals surface area contributed by atoms with E-state index in [1.807, 2.05) is 0 Å². The Kier molecular flexibility index (Phi) is 8.08. The van der Waals surface area contributed by atoms with Gasteiger partial charge in [0.2, 0.25) is 0 Å². The number of carboxylic acids is 1. The summed E-state index contributed by atoms with van der Waals surface area (Å²) in [5.74, 6) is -5.24. The number of pyridine rings is 1. The van der Waals surface area contributed by atoms with Gasteiger partial charge >= 0.3 is 12.1 Å². The molecule has 0 saturated carbocycles. The van der Waals surface area contributed by atoms with Crippen LogP contribution in [0.15, 0.2) is 48.8 Å². The average Bonchev–Trinajstić information content (AvgIpc) is 3.48. The average molecular weight is 628 g/mol. The van der Waals surface area contributed by atoms with Gasteiger partial charge < -0.3 is 20.1 Å². The maximum atomic E-state index is 15.1. The number of halogens is 5. The Labute approximate surface area is 253 Å². The van der Waals surface area contributed by atoms with E-state index in [1.165, 1.54) is 0 Å². The summed E-state index contributed by atoms with van der Waals surface area (Å²) in [5, 5.41) is 12.7. The van der Waals surface area contributed by atoms with Crippen molar-refractivity contribution in [2.24, 2.45) is 0 Å². The van der Waals surface area contributed by atoms with E-state index in [-0.39, 0.29) is 19.6 Å². The molecule has 234 valence electrons. The summed E-state index contributed by atoms with van der Waals surface area (Å²) in [5.41, 5.74) is 2.16. The van der Waals surface area contributed by atoms with Crippen LogP contribution < -0.4 is 10.2 Å². The molecule has 45 heavy (non-hydrogen) atoms. The number of alkyl halides is 3. The lowest BCUT2D eigenvalue weighted by Gasteiger charge is -2.38. The lowest BCUT2D eigenvalue weighted by molar-refractivity contribution is -0.167. The Morgan fingerprint density at radius 2 is 1.89 bits per heavy atom. The van der Waals surface area contributed by atoms with Crippen LogP contribution in [0.2, 0.25) is 0 Å². The number of nitrogens with zero attached hydrogens (tertiary/aromatic N) is 4. The molecule has 2 atom stereocenters. The maximum absolute atomic E-state index is 15.1. The Morgan fingerprint density at radius 3 is 2.62 bits per heavy atom. The molecule has 1 fully saturated rings. The van der Waals surface area contributed by atoms with Gasteiger partial charge in [0.05, 0.1) is 18.7 Å². The minimum Gasteiger partial charge on any atom is -0.480 e. The molecule has 2 aliphatic rings. The zero-order valence-electron chi connectivity index (χ0n) is 23.6. The number of anilines is 1. The van der Waals surface area contributed by atoms with Crippen LogP contribution in [0.1, 0.15) is 33.6 Å². The van der Waals surface area contributed by atoms with E-state index in [0.717, 1.165) is 35.4 Å². The standard InChI is InChI=1S/C31H26F5N5O4/c32-21-12-18(41-9-10-45-15-25(41)31(34,35)36)13-22(33)26(21)29(42)40-24(30(43)44)11-16-6-7-20(27-19(16)4-2-8-37-27)28-38-14-17-3-1-5-23(17)39-28/h2,4,6-8,12-14,24-25H,1,3,5,9-11,15H2,(H,40,42)(H,43,44)/t24-,25+/m0/s1. The molecule has 0 spiro atoms. The molecule has 2 N–H and O–H groups in total. The summed E-state index contributed by atoms with van der Waals surface area (Å²) in [6.45, 7) is -1.10. The Hall–Kier alpha value is -4.72. The largest absolute Gasteiger partial charge is 0.480 e. The van der Waals surface area contributed by atoms with Crippen molar-refractivity contribution in [2.75, 3.05) is 24.7 Å². The fraction of sp³-hybridized carbons (Fsp3) is 0.323. The number of aromatic nitrogens is 3. The van der Waals surface area contributed by atoms with Crippen molar-refractivity contribution < 1.29 is 41.4 Å². The van der Waals surface area contributed by atoms with Crippen LogP contribution in [0.4, 0.5) is 27.6 Å². The monoisotopic (exact) mass is 627 g/mol. The number of hydrogen-bond donors (Lipinski definition) is 2. The van der Waals surface area contributed by atoms with Gasteiger partial charge in [-0.1, -0.05) is 12.1 Å². The van der Waals surface area contributed by atoms with E-state index in [2.05, 4.69) is 15.3 Å². The molecule has 14 heteroatoms. The number of carbonyl (C=O) groups excluding carboxylic acids is 1. The van der Waals surface area contributed by atoms with Crippen molar-refractivity contribution in [1.29, 1.82) is 0 Å². The van der Waals surface area contributed by atoms with Crippen molar-refractivity contribution in [2.45, 2.75) is 43.9 Å². The number of hydrogen-bond acceptors (Lipinski definition) is 7. The molecule has 0 bridgehead atoms. The number of fused-ring (bicyclic) bond motifs is 2. The zero-order chi connectivity index (χ0) is 31.9. The molecule has 0 radical (unpaired) electrons. The minimum absolute atomic E-state index is 0.0934. The molecule has 1 amide bonds. The Morgan fingerprint density at radius 1 is 1.11 bits per heavy atom. The molecule has 1 aliphatic carbocycles. The molecule has 0 unspecified atom stereocenters. The van der Waals surface area contributed by atoms with Crippen LogP contribution in [-0.2, 0) is 28.8 Å². The Balaban J connectivity index is 1.26. The van der Waals surface area contributed by atoms with Crippen LogP contribution in [-0.4, -0.2) is 70.0 Å². The first-order valence-electron chi connectivity index (χ1n) is 14.2. The second-order valence-electron chi connectivity index (χ2n) is 10.9. The van der Waals surface area contributed by atoms with Gasteiger partial charge in [0.1, 0.15) is 29.3 Å². The third-order valence-electron chi connectivity index (χ3n) is 8.03. The van der Waals surface area contributed by atoms with Crippen LogP contribution in [0.3, 0.4) is 0 Å². The first-order valence-corrected chi connectivity index (χ1v) is 14.2. The smallest absolute Gasteiger partial charge is 0.411 e. The molecule has 2 aromatic carbocycles. The van der Waals surface area contributed by atoms with Gasteiger partial charge in [-0.25, -0.2) is 23.5 Å². The number of carbonyl (C=O) groups is 2. The van der Waals surface area contributed by atoms with Crippen molar-refractivity contribution in [3.63, 3.8) is 0 Å². The number of morpholine rings is 1. The van der Waals surface area contributed by atoms with E-state index < -0.39 is 59.6 Å². The molecule has 2 aromatic heterocycles. The van der Waals surface area contributed by atoms with Crippen molar-refractivity contribution in [3.8, 4) is 11.4 Å². The summed E-state index contributed by atoms with van der Waals surface area (Å²) in [6.07, 6.45) is 1.13. The number of ether oxygens (including phenoxy) is 1. The number of nitrogens with one attached hydrogen (secondary N) is 1. The molecular weight excluding hydrogens is 601 g/mol. The van der Waals surface area contributed by atoms with Crippen molar-refractivity contribution >= 4 is 28.5 Å². The highest BCUT2D eigenvalue weighted by molar-refractivity contribution is 5.98. The third-order valence-corrected chi connectivity index (χ3v) is 8.03. The molecular formula is C31H26F5N5O4. The van der Waals surface area contributed by atoms with Crippen molar-refractivity contribution in [3.05, 3.63) is 82.8 Å². The van der Waals surface area contributed by atoms with Gasteiger partial charge in [0.15, 0.2) is 5.82 Å². The highest BCUT2D eigenvalue weighted by atomic mass is 19.4. The normalized spacial score (nSPS) is 17.3. The van der Waals surface area contributed by atoms with Gasteiger partial charge in [-0.15, -0.1) is 0 Å². The van der Waals surface area contributed by atoms with Gasteiger partial charge in [-0.05, 0) is 54.7 Å². The lowest BCUT2D eigenvalue weighted by Crippen LogP contribution is -2.53. The fourth-order valence-corrected chi connectivity index (χ4v) is 5.81. The summed E-state index contributed by atoms with van der Waals surface area (Å²) >= 11 is 0. The molecule has 1 saturated heterocycles. The van der Waals surface area contributed by atoms with Crippen LogP contribution in [0.5, 0.6) is 0 Å². The fourth-order valence-electron chi connectivity index (χ4n) is 5.81. The molecule has 3 heterocycles. The highest BCUT2D eigenvalue weighted by Crippen LogP contribution is 2.33. The molecule has 6 rings (SSSR count). The maximum Gasteiger partial charge on any atom is 0.411 e. The quantitative estimate of drug-likeness (QED) is 0.285. The van der Waals surface area contributed by atoms with E-state index in [9.17, 15) is 27.9 Å². The summed E-state index contributed by atoms with van der Waals surface area (Å²) in [6, 6.07) is 4.26. The van der Waals surface area contributed by atoms with Gasteiger partial charge in [0.25, 0.3) is 5.91 Å². The van der Waals surface area contributed by atoms with Crippen LogP contribution in [0, 0.1) is 11.6 Å². The predicted octanol–water partition coefficient (Wildman–Crippen LogP) is 4.65. The van der Waals surface area contributed by atoms with E-state index >= 15 is 8.78 Å².